The normalized spacial score (nSPS) is 16.3. The lowest BCUT2D eigenvalue weighted by molar-refractivity contribution is -0.116. The molecule has 2 aromatic heterocycles. The minimum Gasteiger partial charge on any atom is -0.384 e. The third-order valence-electron chi connectivity index (χ3n) is 4.91. The van der Waals surface area contributed by atoms with Crippen LogP contribution in [0, 0.1) is 0 Å². The molecule has 1 saturated heterocycles. The van der Waals surface area contributed by atoms with Crippen molar-refractivity contribution >= 4 is 17.7 Å². The van der Waals surface area contributed by atoms with Crippen molar-refractivity contribution in [3.8, 4) is 11.4 Å². The summed E-state index contributed by atoms with van der Waals surface area (Å²) in [5.74, 6) is 2.12. The largest absolute Gasteiger partial charge is 0.384 e. The van der Waals surface area contributed by atoms with Crippen LogP contribution in [0.3, 0.4) is 0 Å². The topological polar surface area (TPSA) is 105 Å². The number of amidine groups is 1. The fourth-order valence-electron chi connectivity index (χ4n) is 3.16. The molecule has 0 aromatic carbocycles. The molecule has 0 atom stereocenters. The highest BCUT2D eigenvalue weighted by Gasteiger charge is 2.21. The SMILES string of the molecule is CN=C(N)/C=C\c1ncc(-c2cccc(N3CCN(CC(OC)OC)CC3)n2)[nH]1. The summed E-state index contributed by atoms with van der Waals surface area (Å²) < 4.78 is 10.6. The van der Waals surface area contributed by atoms with Gasteiger partial charge in [-0.1, -0.05) is 6.07 Å². The summed E-state index contributed by atoms with van der Waals surface area (Å²) in [6, 6.07) is 6.04. The number of hydrogen-bond donors (Lipinski definition) is 2. The van der Waals surface area contributed by atoms with Gasteiger partial charge in [-0.25, -0.2) is 9.97 Å². The second-order valence-electron chi connectivity index (χ2n) is 6.73. The molecule has 29 heavy (non-hydrogen) atoms. The van der Waals surface area contributed by atoms with Gasteiger partial charge in [0, 0.05) is 54.0 Å². The van der Waals surface area contributed by atoms with Gasteiger partial charge in [-0.15, -0.1) is 0 Å². The van der Waals surface area contributed by atoms with Crippen molar-refractivity contribution in [1.82, 2.24) is 19.9 Å². The molecular formula is C20H29N7O2. The molecule has 9 nitrogen and oxygen atoms in total. The molecule has 1 aliphatic heterocycles. The third kappa shape index (κ3) is 5.63. The lowest BCUT2D eigenvalue weighted by atomic mass is 10.2. The minimum absolute atomic E-state index is 0.189. The number of anilines is 1. The van der Waals surface area contributed by atoms with Gasteiger partial charge >= 0.3 is 0 Å². The number of ether oxygens (including phenoxy) is 2. The molecule has 0 aliphatic carbocycles. The third-order valence-corrected chi connectivity index (χ3v) is 4.91. The van der Waals surface area contributed by atoms with Gasteiger partial charge in [0.05, 0.1) is 17.6 Å². The number of aliphatic imine (C=N–C) groups is 1. The predicted octanol–water partition coefficient (Wildman–Crippen LogP) is 1.21. The number of aromatic nitrogens is 3. The number of H-pyrrole nitrogens is 1. The first-order valence-electron chi connectivity index (χ1n) is 9.58. The molecule has 156 valence electrons. The van der Waals surface area contributed by atoms with Crippen molar-refractivity contribution in [2.24, 2.45) is 10.7 Å². The summed E-state index contributed by atoms with van der Waals surface area (Å²) in [6.45, 7) is 4.46. The van der Waals surface area contributed by atoms with Crippen LogP contribution >= 0.6 is 0 Å². The highest BCUT2D eigenvalue weighted by molar-refractivity contribution is 5.94. The number of nitrogens with zero attached hydrogens (tertiary/aromatic N) is 5. The number of rotatable bonds is 8. The van der Waals surface area contributed by atoms with Gasteiger partial charge in [0.1, 0.15) is 17.5 Å². The standard InChI is InChI=1S/C20H29N7O2/c1-22-17(21)7-8-18-23-13-16(24-18)15-5-4-6-19(25-15)27-11-9-26(10-12-27)14-20(28-2)29-3/h4-8,13,20H,9-12,14H2,1-3H3,(H2,21,22)(H,23,24)/b8-7-. The Hall–Kier alpha value is -2.75. The molecule has 0 amide bonds. The second kappa shape index (κ2) is 10.1. The van der Waals surface area contributed by atoms with E-state index in [9.17, 15) is 0 Å². The molecule has 0 bridgehead atoms. The smallest absolute Gasteiger partial charge is 0.169 e. The molecule has 3 heterocycles. The number of pyridine rings is 1. The van der Waals surface area contributed by atoms with Crippen molar-refractivity contribution in [2.45, 2.75) is 6.29 Å². The summed E-state index contributed by atoms with van der Waals surface area (Å²) in [4.78, 5) is 21.0. The van der Waals surface area contributed by atoms with E-state index in [1.807, 2.05) is 18.2 Å². The first-order chi connectivity index (χ1) is 14.1. The Morgan fingerprint density at radius 3 is 2.72 bits per heavy atom. The number of methoxy groups -OCH3 is 2. The van der Waals surface area contributed by atoms with Crippen LogP contribution < -0.4 is 10.6 Å². The van der Waals surface area contributed by atoms with E-state index in [1.54, 1.807) is 39.6 Å². The summed E-state index contributed by atoms with van der Waals surface area (Å²) in [5, 5.41) is 0. The van der Waals surface area contributed by atoms with Gasteiger partial charge in [-0.2, -0.15) is 0 Å². The predicted molar refractivity (Wildman–Crippen MR) is 115 cm³/mol. The maximum atomic E-state index is 5.68. The van der Waals surface area contributed by atoms with E-state index in [2.05, 4.69) is 24.8 Å². The summed E-state index contributed by atoms with van der Waals surface area (Å²) in [7, 11) is 4.99. The zero-order valence-corrected chi connectivity index (χ0v) is 17.2. The Labute approximate surface area is 171 Å². The number of nitrogens with one attached hydrogen (secondary N) is 1. The molecule has 1 aliphatic rings. The number of piperazine rings is 1. The summed E-state index contributed by atoms with van der Waals surface area (Å²) in [6.07, 6.45) is 5.09. The summed E-state index contributed by atoms with van der Waals surface area (Å²) in [5.41, 5.74) is 7.40. The molecule has 1 fully saturated rings. The van der Waals surface area contributed by atoms with Crippen molar-refractivity contribution in [3.63, 3.8) is 0 Å². The van der Waals surface area contributed by atoms with E-state index in [0.29, 0.717) is 11.7 Å². The van der Waals surface area contributed by atoms with Crippen LogP contribution in [0.1, 0.15) is 5.82 Å². The average Bonchev–Trinajstić information content (AvgIpc) is 3.25. The van der Waals surface area contributed by atoms with Crippen molar-refractivity contribution < 1.29 is 9.47 Å². The fourth-order valence-corrected chi connectivity index (χ4v) is 3.16. The maximum absolute atomic E-state index is 5.68. The molecule has 0 spiro atoms. The summed E-state index contributed by atoms with van der Waals surface area (Å²) >= 11 is 0. The van der Waals surface area contributed by atoms with Gasteiger partial charge in [0.25, 0.3) is 0 Å². The van der Waals surface area contributed by atoms with Gasteiger partial charge in [0.15, 0.2) is 6.29 Å². The van der Waals surface area contributed by atoms with E-state index in [4.69, 9.17) is 20.2 Å². The second-order valence-corrected chi connectivity index (χ2v) is 6.73. The Morgan fingerprint density at radius 1 is 1.28 bits per heavy atom. The van der Waals surface area contributed by atoms with Crippen molar-refractivity contribution in [2.75, 3.05) is 58.9 Å². The van der Waals surface area contributed by atoms with E-state index in [1.165, 1.54) is 0 Å². The maximum Gasteiger partial charge on any atom is 0.169 e. The quantitative estimate of drug-likeness (QED) is 0.390. The van der Waals surface area contributed by atoms with Crippen LogP contribution in [0.25, 0.3) is 17.5 Å². The first kappa shape index (κ1) is 21.0. The number of hydrogen-bond acceptors (Lipinski definition) is 7. The lowest BCUT2D eigenvalue weighted by Gasteiger charge is -2.36. The lowest BCUT2D eigenvalue weighted by Crippen LogP contribution is -2.49. The monoisotopic (exact) mass is 399 g/mol. The zero-order valence-electron chi connectivity index (χ0n) is 17.2. The number of imidazole rings is 1. The van der Waals surface area contributed by atoms with Crippen LogP contribution in [-0.4, -0.2) is 86.0 Å². The Kier molecular flexibility index (Phi) is 7.34. The highest BCUT2D eigenvalue weighted by Crippen LogP contribution is 2.20. The zero-order chi connectivity index (χ0) is 20.6. The highest BCUT2D eigenvalue weighted by atomic mass is 16.7. The fraction of sp³-hybridized carbons (Fsp3) is 0.450. The van der Waals surface area contributed by atoms with Gasteiger partial charge in [-0.05, 0) is 24.3 Å². The van der Waals surface area contributed by atoms with Crippen LogP contribution in [0.5, 0.6) is 0 Å². The van der Waals surface area contributed by atoms with E-state index in [-0.39, 0.29) is 6.29 Å². The van der Waals surface area contributed by atoms with Crippen LogP contribution in [0.2, 0.25) is 0 Å². The molecule has 0 saturated carbocycles. The van der Waals surface area contributed by atoms with Gasteiger partial charge in [0.2, 0.25) is 0 Å². The molecule has 0 unspecified atom stereocenters. The molecule has 3 N–H and O–H groups in total. The molecule has 3 rings (SSSR count). The first-order valence-corrected chi connectivity index (χ1v) is 9.58. The minimum atomic E-state index is -0.189. The van der Waals surface area contributed by atoms with Crippen molar-refractivity contribution in [3.05, 3.63) is 36.3 Å². The molecular weight excluding hydrogens is 370 g/mol. The van der Waals surface area contributed by atoms with Crippen molar-refractivity contribution in [1.29, 1.82) is 0 Å². The van der Waals surface area contributed by atoms with E-state index in [0.717, 1.165) is 49.9 Å². The molecule has 2 aromatic rings. The Bertz CT molecular complexity index is 837. The Morgan fingerprint density at radius 2 is 2.03 bits per heavy atom. The number of aromatic amines is 1. The van der Waals surface area contributed by atoms with Gasteiger partial charge < -0.3 is 25.1 Å². The molecule has 0 radical (unpaired) electrons. The van der Waals surface area contributed by atoms with Crippen LogP contribution in [0.4, 0.5) is 5.82 Å². The van der Waals surface area contributed by atoms with E-state index >= 15 is 0 Å². The average molecular weight is 399 g/mol. The van der Waals surface area contributed by atoms with Crippen LogP contribution in [-0.2, 0) is 9.47 Å². The molecule has 9 heteroatoms. The Balaban J connectivity index is 1.63. The van der Waals surface area contributed by atoms with Gasteiger partial charge in [-0.3, -0.25) is 9.89 Å². The number of nitrogens with two attached hydrogens (primary N) is 1. The van der Waals surface area contributed by atoms with E-state index < -0.39 is 0 Å². The van der Waals surface area contributed by atoms with Crippen LogP contribution in [0.15, 0.2) is 35.5 Å².